The van der Waals surface area contributed by atoms with Gasteiger partial charge in [0.25, 0.3) is 10.1 Å². The molecule has 0 amide bonds. The van der Waals surface area contributed by atoms with Crippen LogP contribution >= 0.6 is 0 Å². The average molecular weight is 309 g/mol. The highest BCUT2D eigenvalue weighted by atomic mass is 32.2. The maximum absolute atomic E-state index is 9.19. The van der Waals surface area contributed by atoms with Gasteiger partial charge in [-0.05, 0) is 19.8 Å². The van der Waals surface area contributed by atoms with Crippen LogP contribution in [0.1, 0.15) is 65.2 Å². The predicted octanol–water partition coefficient (Wildman–Crippen LogP) is 3.48. The van der Waals surface area contributed by atoms with Crippen LogP contribution in [-0.2, 0) is 10.1 Å². The van der Waals surface area contributed by atoms with Crippen LogP contribution in [0.2, 0.25) is 0 Å². The molecule has 1 aliphatic rings. The molecule has 1 rings (SSSR count). The van der Waals surface area contributed by atoms with Crippen LogP contribution in [0.15, 0.2) is 0 Å². The van der Waals surface area contributed by atoms with Crippen LogP contribution < -0.4 is 0 Å². The molecule has 0 saturated carbocycles. The number of quaternary nitrogens is 1. The highest BCUT2D eigenvalue weighted by Crippen LogP contribution is 2.20. The third kappa shape index (κ3) is 11.7. The zero-order chi connectivity index (χ0) is 15.5. The number of nitrogens with zero attached hydrogens (tertiary/aromatic N) is 1. The summed E-state index contributed by atoms with van der Waals surface area (Å²) in [6.07, 6.45) is 12.3. The Hall–Kier alpha value is -0.130. The highest BCUT2D eigenvalue weighted by molar-refractivity contribution is 7.85. The fourth-order valence-electron chi connectivity index (χ4n) is 2.93. The summed E-state index contributed by atoms with van der Waals surface area (Å²) in [5.74, 6) is 0. The van der Waals surface area contributed by atoms with Crippen LogP contribution in [0.3, 0.4) is 0 Å². The van der Waals surface area contributed by atoms with Gasteiger partial charge in [0.2, 0.25) is 0 Å². The van der Waals surface area contributed by atoms with E-state index in [0.29, 0.717) is 6.26 Å². The van der Waals surface area contributed by atoms with Gasteiger partial charge in [-0.1, -0.05) is 32.6 Å². The quantitative estimate of drug-likeness (QED) is 0.424. The average Bonchev–Trinajstić information content (AvgIpc) is 2.81. The van der Waals surface area contributed by atoms with Crippen molar-refractivity contribution in [2.75, 3.05) is 32.4 Å². The lowest BCUT2D eigenvalue weighted by molar-refractivity contribution is -0.915. The molecule has 1 fully saturated rings. The highest BCUT2D eigenvalue weighted by Gasteiger charge is 2.28. The van der Waals surface area contributed by atoms with Crippen molar-refractivity contribution >= 4 is 10.1 Å². The first kappa shape index (κ1) is 19.9. The molecular weight excluding hydrogens is 274 g/mol. The minimum absolute atomic E-state index is 0.715. The van der Waals surface area contributed by atoms with Crippen molar-refractivity contribution in [2.24, 2.45) is 0 Å². The summed E-state index contributed by atoms with van der Waals surface area (Å²) < 4.78 is 27.3. The second-order valence-corrected chi connectivity index (χ2v) is 7.50. The molecule has 1 heterocycles. The number of hydrogen-bond donors (Lipinski definition) is 1. The number of rotatable bonds is 8. The second kappa shape index (κ2) is 10.6. The Bertz CT molecular complexity index is 314. The third-order valence-electron chi connectivity index (χ3n) is 4.17. The maximum Gasteiger partial charge on any atom is 0.261 e. The van der Waals surface area contributed by atoms with Crippen LogP contribution in [0.5, 0.6) is 0 Å². The van der Waals surface area contributed by atoms with Gasteiger partial charge < -0.3 is 4.48 Å². The van der Waals surface area contributed by atoms with Crippen molar-refractivity contribution in [1.82, 2.24) is 0 Å². The Morgan fingerprint density at radius 3 is 1.85 bits per heavy atom. The van der Waals surface area contributed by atoms with E-state index in [2.05, 4.69) is 13.8 Å². The van der Waals surface area contributed by atoms with E-state index in [-0.39, 0.29) is 0 Å². The van der Waals surface area contributed by atoms with E-state index < -0.39 is 10.1 Å². The summed E-state index contributed by atoms with van der Waals surface area (Å²) >= 11 is 0. The van der Waals surface area contributed by atoms with Gasteiger partial charge in [-0.15, -0.1) is 0 Å². The third-order valence-corrected chi connectivity index (χ3v) is 4.17. The van der Waals surface area contributed by atoms with E-state index in [9.17, 15) is 8.42 Å². The van der Waals surface area contributed by atoms with Crippen LogP contribution in [0, 0.1) is 0 Å². The van der Waals surface area contributed by atoms with E-state index >= 15 is 0 Å². The van der Waals surface area contributed by atoms with Crippen molar-refractivity contribution in [3.63, 3.8) is 0 Å². The molecule has 1 saturated heterocycles. The van der Waals surface area contributed by atoms with Crippen LogP contribution in [0.4, 0.5) is 0 Å². The lowest BCUT2D eigenvalue weighted by Crippen LogP contribution is -2.45. The lowest BCUT2D eigenvalue weighted by atomic mass is 10.1. The fraction of sp³-hybridized carbons (Fsp3) is 1.00. The van der Waals surface area contributed by atoms with Gasteiger partial charge in [0.05, 0.1) is 32.4 Å². The van der Waals surface area contributed by atoms with Gasteiger partial charge in [0.15, 0.2) is 0 Å². The smallest absolute Gasteiger partial charge is 0.261 e. The molecule has 0 radical (unpaired) electrons. The van der Waals surface area contributed by atoms with E-state index in [1.165, 1.54) is 82.0 Å². The monoisotopic (exact) mass is 308 g/mol. The molecule has 1 N–H and O–H groups in total. The van der Waals surface area contributed by atoms with E-state index in [0.717, 1.165) is 0 Å². The van der Waals surface area contributed by atoms with Crippen molar-refractivity contribution in [3.05, 3.63) is 0 Å². The molecule has 4 nitrogen and oxygen atoms in total. The predicted molar refractivity (Wildman–Crippen MR) is 85.5 cm³/mol. The van der Waals surface area contributed by atoms with E-state index in [1.807, 2.05) is 0 Å². The van der Waals surface area contributed by atoms with Gasteiger partial charge >= 0.3 is 0 Å². The SMILES string of the molecule is CCCCCCCC[N+]1(CC)CCCC1.CS(=O)(=O)O. The molecule has 0 atom stereocenters. The Labute approximate surface area is 125 Å². The van der Waals surface area contributed by atoms with E-state index in [1.54, 1.807) is 0 Å². The molecule has 0 bridgehead atoms. The van der Waals surface area contributed by atoms with Crippen molar-refractivity contribution < 1.29 is 17.5 Å². The fourth-order valence-corrected chi connectivity index (χ4v) is 2.93. The summed E-state index contributed by atoms with van der Waals surface area (Å²) in [4.78, 5) is 0. The second-order valence-electron chi connectivity index (χ2n) is 6.04. The van der Waals surface area contributed by atoms with Crippen molar-refractivity contribution in [2.45, 2.75) is 65.2 Å². The Morgan fingerprint density at radius 2 is 1.40 bits per heavy atom. The Kier molecular flexibility index (Phi) is 10.5. The Morgan fingerprint density at radius 1 is 0.950 bits per heavy atom. The van der Waals surface area contributed by atoms with Gasteiger partial charge in [0, 0.05) is 12.8 Å². The molecule has 1 aliphatic heterocycles. The summed E-state index contributed by atoms with van der Waals surface area (Å²) in [6, 6.07) is 0. The standard InChI is InChI=1S/C14H30N.CH4O3S/c1-3-5-6-7-8-9-12-15(4-2)13-10-11-14-15;1-5(2,3)4/h3-14H2,1-2H3;1H3,(H,2,3,4)/q+1;. The van der Waals surface area contributed by atoms with Gasteiger partial charge in [-0.2, -0.15) is 8.42 Å². The van der Waals surface area contributed by atoms with Crippen molar-refractivity contribution in [1.29, 1.82) is 0 Å². The molecule has 0 aromatic heterocycles. The number of unbranched alkanes of at least 4 members (excludes halogenated alkanes) is 5. The lowest BCUT2D eigenvalue weighted by Gasteiger charge is -2.33. The molecular formula is C15H34NO3S+. The molecule has 0 spiro atoms. The first-order chi connectivity index (χ1) is 9.33. The normalized spacial score (nSPS) is 17.6. The van der Waals surface area contributed by atoms with Gasteiger partial charge in [-0.25, -0.2) is 0 Å². The number of likely N-dealkylation sites (tertiary alicyclic amines) is 1. The molecule has 0 aromatic carbocycles. The molecule has 5 heteroatoms. The molecule has 0 aromatic rings. The summed E-state index contributed by atoms with van der Waals surface area (Å²) in [5, 5.41) is 0. The zero-order valence-electron chi connectivity index (χ0n) is 13.6. The Balaban J connectivity index is 0.000000621. The zero-order valence-corrected chi connectivity index (χ0v) is 14.4. The van der Waals surface area contributed by atoms with Crippen LogP contribution in [0.25, 0.3) is 0 Å². The summed E-state index contributed by atoms with van der Waals surface area (Å²) in [6.45, 7) is 10.4. The topological polar surface area (TPSA) is 54.4 Å². The van der Waals surface area contributed by atoms with Crippen LogP contribution in [-0.4, -0.2) is 49.9 Å². The summed E-state index contributed by atoms with van der Waals surface area (Å²) in [5.41, 5.74) is 0. The first-order valence-corrected chi connectivity index (χ1v) is 9.95. The van der Waals surface area contributed by atoms with Gasteiger partial charge in [0.1, 0.15) is 0 Å². The van der Waals surface area contributed by atoms with E-state index in [4.69, 9.17) is 4.55 Å². The molecule has 0 aliphatic carbocycles. The first-order valence-electron chi connectivity index (χ1n) is 8.10. The molecule has 20 heavy (non-hydrogen) atoms. The largest absolute Gasteiger partial charge is 0.324 e. The minimum Gasteiger partial charge on any atom is -0.324 e. The van der Waals surface area contributed by atoms with Crippen molar-refractivity contribution in [3.8, 4) is 0 Å². The molecule has 122 valence electrons. The molecule has 0 unspecified atom stereocenters. The maximum atomic E-state index is 9.19. The van der Waals surface area contributed by atoms with Gasteiger partial charge in [-0.3, -0.25) is 4.55 Å². The summed E-state index contributed by atoms with van der Waals surface area (Å²) in [7, 11) is -3.67. The number of hydrogen-bond acceptors (Lipinski definition) is 2. The minimum atomic E-state index is -3.67.